The number of pyridine rings is 1. The zero-order valence-corrected chi connectivity index (χ0v) is 19.6. The van der Waals surface area contributed by atoms with Crippen LogP contribution in [0.1, 0.15) is 21.0 Å². The molecule has 0 saturated heterocycles. The standard InChI is InChI=1S/C27H23N3O2S/c1-17-9-11-20(12-10-17)21-7-4-8-22(14-21)24-26(31)29-13-5-6-18(2)25(29)30(27(24)32)16-23-15-28-19(3)33-23/h4-15H,16H2,1-3H3/p+1. The van der Waals surface area contributed by atoms with Crippen molar-refractivity contribution < 1.29 is 9.67 Å². The quantitative estimate of drug-likeness (QED) is 0.386. The molecule has 3 aromatic heterocycles. The molecule has 5 nitrogen and oxygen atoms in total. The number of hydrogen-bond donors (Lipinski definition) is 1. The largest absolute Gasteiger partial charge is 0.477 e. The van der Waals surface area contributed by atoms with Crippen LogP contribution in [0, 0.1) is 20.8 Å². The Morgan fingerprint density at radius 1 is 0.970 bits per heavy atom. The average molecular weight is 455 g/mol. The van der Waals surface area contributed by atoms with E-state index in [4.69, 9.17) is 0 Å². The normalized spacial score (nSPS) is 11.2. The highest BCUT2D eigenvalue weighted by atomic mass is 32.1. The van der Waals surface area contributed by atoms with Crippen molar-refractivity contribution in [1.82, 2.24) is 9.38 Å². The van der Waals surface area contributed by atoms with Crippen LogP contribution in [-0.2, 0) is 6.54 Å². The van der Waals surface area contributed by atoms with Crippen LogP contribution in [-0.4, -0.2) is 14.5 Å². The molecular formula is C27H24N3O2S+. The number of nitrogens with zero attached hydrogens (tertiary/aromatic N) is 3. The van der Waals surface area contributed by atoms with Crippen LogP contribution in [0.15, 0.2) is 77.9 Å². The van der Waals surface area contributed by atoms with Crippen LogP contribution < -0.4 is 10.1 Å². The van der Waals surface area contributed by atoms with Crippen LogP contribution in [0.3, 0.4) is 0 Å². The fraction of sp³-hybridized carbons (Fsp3) is 0.148. The molecule has 0 bridgehead atoms. The molecule has 0 aliphatic rings. The predicted octanol–water partition coefficient (Wildman–Crippen LogP) is 5.06. The predicted molar refractivity (Wildman–Crippen MR) is 132 cm³/mol. The first kappa shape index (κ1) is 21.1. The van der Waals surface area contributed by atoms with Gasteiger partial charge in [0, 0.05) is 11.8 Å². The van der Waals surface area contributed by atoms with Crippen molar-refractivity contribution in [3.8, 4) is 28.1 Å². The van der Waals surface area contributed by atoms with Gasteiger partial charge in [-0.05, 0) is 55.7 Å². The fourth-order valence-electron chi connectivity index (χ4n) is 4.20. The van der Waals surface area contributed by atoms with Crippen molar-refractivity contribution in [3.63, 3.8) is 0 Å². The second-order valence-electron chi connectivity index (χ2n) is 8.27. The summed E-state index contributed by atoms with van der Waals surface area (Å²) in [5.41, 5.74) is 5.54. The molecule has 164 valence electrons. The molecule has 0 radical (unpaired) electrons. The minimum Gasteiger partial charge on any atom is -0.477 e. The maximum atomic E-state index is 13.6. The van der Waals surface area contributed by atoms with E-state index in [1.807, 2.05) is 56.4 Å². The third-order valence-corrected chi connectivity index (χ3v) is 6.75. The Balaban J connectivity index is 1.75. The van der Waals surface area contributed by atoms with E-state index >= 15 is 0 Å². The summed E-state index contributed by atoms with van der Waals surface area (Å²) >= 11 is 1.58. The second-order valence-corrected chi connectivity index (χ2v) is 9.59. The molecule has 5 aromatic rings. The topological polar surface area (TPSA) is 58.5 Å². The second kappa shape index (κ2) is 8.30. The van der Waals surface area contributed by atoms with Crippen molar-refractivity contribution in [2.45, 2.75) is 27.3 Å². The lowest BCUT2D eigenvalue weighted by Crippen LogP contribution is -2.41. The number of benzene rings is 2. The van der Waals surface area contributed by atoms with Gasteiger partial charge in [0.05, 0.1) is 16.1 Å². The summed E-state index contributed by atoms with van der Waals surface area (Å²) in [5.74, 6) is -0.0404. The average Bonchev–Trinajstić information content (AvgIpc) is 3.22. The molecule has 0 atom stereocenters. The molecule has 3 heterocycles. The number of thiazole rings is 1. The van der Waals surface area contributed by atoms with E-state index in [2.05, 4.69) is 36.2 Å². The van der Waals surface area contributed by atoms with E-state index in [1.54, 1.807) is 26.5 Å². The number of hydrogen-bond acceptors (Lipinski definition) is 4. The maximum Gasteiger partial charge on any atom is 0.354 e. The van der Waals surface area contributed by atoms with Gasteiger partial charge in [-0.1, -0.05) is 48.0 Å². The number of rotatable bonds is 4. The van der Waals surface area contributed by atoms with Gasteiger partial charge in [0.25, 0.3) is 11.5 Å². The Morgan fingerprint density at radius 3 is 2.45 bits per heavy atom. The lowest BCUT2D eigenvalue weighted by Gasteiger charge is -2.11. The first-order valence-corrected chi connectivity index (χ1v) is 11.6. The molecule has 0 saturated carbocycles. The summed E-state index contributed by atoms with van der Waals surface area (Å²) in [5, 5.41) is 12.4. The van der Waals surface area contributed by atoms with E-state index in [1.165, 1.54) is 5.56 Å². The number of aromatic nitrogens is 3. The Bertz CT molecular complexity index is 1550. The van der Waals surface area contributed by atoms with Gasteiger partial charge in [0.1, 0.15) is 6.54 Å². The van der Waals surface area contributed by atoms with Gasteiger partial charge in [-0.2, -0.15) is 8.97 Å². The minimum atomic E-state index is -0.246. The van der Waals surface area contributed by atoms with Crippen LogP contribution in [0.5, 0.6) is 5.88 Å². The van der Waals surface area contributed by atoms with Crippen molar-refractivity contribution in [1.29, 1.82) is 0 Å². The van der Waals surface area contributed by atoms with E-state index < -0.39 is 0 Å². The van der Waals surface area contributed by atoms with E-state index in [-0.39, 0.29) is 17.0 Å². The fourth-order valence-corrected chi connectivity index (χ4v) is 4.99. The molecule has 2 aromatic carbocycles. The van der Waals surface area contributed by atoms with Crippen molar-refractivity contribution in [3.05, 3.63) is 104 Å². The van der Waals surface area contributed by atoms with E-state index in [9.17, 15) is 9.90 Å². The SMILES string of the molecule is Cc1ccc(-c2cccc(-c3c(O)[n+](Cc4cnc(C)s4)c4c(C)cccn4c3=O)c2)cc1. The molecule has 5 rings (SSSR count). The van der Waals surface area contributed by atoms with E-state index in [0.717, 1.165) is 26.6 Å². The maximum absolute atomic E-state index is 13.6. The molecular weight excluding hydrogens is 430 g/mol. The van der Waals surface area contributed by atoms with Gasteiger partial charge in [-0.25, -0.2) is 9.78 Å². The van der Waals surface area contributed by atoms with Gasteiger partial charge < -0.3 is 5.11 Å². The Labute approximate surface area is 195 Å². The number of aromatic hydroxyl groups is 1. The van der Waals surface area contributed by atoms with Crippen LogP contribution >= 0.6 is 11.3 Å². The lowest BCUT2D eigenvalue weighted by atomic mass is 9.99. The summed E-state index contributed by atoms with van der Waals surface area (Å²) in [4.78, 5) is 18.9. The monoisotopic (exact) mass is 454 g/mol. The first-order valence-electron chi connectivity index (χ1n) is 10.8. The van der Waals surface area contributed by atoms with Gasteiger partial charge in [-0.3, -0.25) is 0 Å². The Morgan fingerprint density at radius 2 is 1.73 bits per heavy atom. The van der Waals surface area contributed by atoms with E-state index in [0.29, 0.717) is 17.8 Å². The lowest BCUT2D eigenvalue weighted by molar-refractivity contribution is -0.671. The molecule has 33 heavy (non-hydrogen) atoms. The smallest absolute Gasteiger partial charge is 0.354 e. The zero-order chi connectivity index (χ0) is 23.1. The van der Waals surface area contributed by atoms with Gasteiger partial charge in [0.15, 0.2) is 5.56 Å². The van der Waals surface area contributed by atoms with Crippen LogP contribution in [0.2, 0.25) is 0 Å². The van der Waals surface area contributed by atoms with Crippen LogP contribution in [0.25, 0.3) is 27.9 Å². The first-order chi connectivity index (χ1) is 15.9. The highest BCUT2D eigenvalue weighted by Gasteiger charge is 2.27. The van der Waals surface area contributed by atoms with Crippen molar-refractivity contribution in [2.75, 3.05) is 0 Å². The molecule has 1 N–H and O–H groups in total. The molecule has 0 spiro atoms. The van der Waals surface area contributed by atoms with Gasteiger partial charge >= 0.3 is 5.56 Å². The molecule has 0 aliphatic heterocycles. The Kier molecular flexibility index (Phi) is 5.30. The molecule has 0 aliphatic carbocycles. The third kappa shape index (κ3) is 3.83. The van der Waals surface area contributed by atoms with Crippen molar-refractivity contribution >= 4 is 17.0 Å². The summed E-state index contributed by atoms with van der Waals surface area (Å²) in [6, 6.07) is 19.8. The summed E-state index contributed by atoms with van der Waals surface area (Å²) in [6.45, 7) is 6.39. The highest BCUT2D eigenvalue weighted by molar-refractivity contribution is 7.11. The van der Waals surface area contributed by atoms with Crippen LogP contribution in [0.4, 0.5) is 0 Å². The van der Waals surface area contributed by atoms with Gasteiger partial charge in [-0.15, -0.1) is 11.3 Å². The summed E-state index contributed by atoms with van der Waals surface area (Å²) < 4.78 is 3.42. The van der Waals surface area contributed by atoms with Gasteiger partial charge in [0.2, 0.25) is 0 Å². The highest BCUT2D eigenvalue weighted by Crippen LogP contribution is 2.29. The molecule has 0 unspecified atom stereocenters. The summed E-state index contributed by atoms with van der Waals surface area (Å²) in [6.07, 6.45) is 3.58. The van der Waals surface area contributed by atoms with Crippen molar-refractivity contribution in [2.24, 2.45) is 0 Å². The number of aryl methyl sites for hydroxylation is 3. The zero-order valence-electron chi connectivity index (χ0n) is 18.7. The molecule has 0 amide bonds. The molecule has 0 fully saturated rings. The molecule has 6 heteroatoms. The third-order valence-electron chi connectivity index (χ3n) is 5.85. The Hall–Kier alpha value is -3.77. The number of fused-ring (bicyclic) bond motifs is 1. The minimum absolute atomic E-state index is 0.0404. The summed E-state index contributed by atoms with van der Waals surface area (Å²) in [7, 11) is 0.